The Kier molecular flexibility index (Phi) is 13.1. The van der Waals surface area contributed by atoms with Crippen LogP contribution in [-0.2, 0) is 23.8 Å². The molecule has 15 nitrogen and oxygen atoms in total. The van der Waals surface area contributed by atoms with Crippen LogP contribution in [0.15, 0.2) is 46.1 Å². The highest BCUT2D eigenvalue weighted by atomic mass is 16.7. The zero-order valence-corrected chi connectivity index (χ0v) is 37.1. The zero-order valence-electron chi connectivity index (χ0n) is 37.1. The maximum absolute atomic E-state index is 14.8. The molecule has 0 radical (unpaired) electrons. The van der Waals surface area contributed by atoms with E-state index in [2.05, 4.69) is 24.1 Å². The first kappa shape index (κ1) is 45.7. The van der Waals surface area contributed by atoms with Crippen molar-refractivity contribution >= 4 is 34.1 Å². The number of allylic oxidation sites excluding steroid dienone is 2. The number of phenols is 2. The van der Waals surface area contributed by atoms with E-state index < -0.39 is 82.8 Å². The van der Waals surface area contributed by atoms with Crippen LogP contribution in [0, 0.1) is 36.5 Å². The number of hydrogen-bond acceptors (Lipinski definition) is 14. The molecule has 1 saturated heterocycles. The third kappa shape index (κ3) is 8.54. The van der Waals surface area contributed by atoms with Crippen molar-refractivity contribution in [2.45, 2.75) is 111 Å². The van der Waals surface area contributed by atoms with Crippen molar-refractivity contribution in [2.24, 2.45) is 39.6 Å². The van der Waals surface area contributed by atoms with Crippen molar-refractivity contribution in [1.29, 1.82) is 0 Å². The predicted octanol–water partition coefficient (Wildman–Crippen LogP) is 4.40. The van der Waals surface area contributed by atoms with Crippen molar-refractivity contribution in [1.82, 2.24) is 4.90 Å². The minimum atomic E-state index is -1.96. The molecule has 4 heterocycles. The Balaban J connectivity index is 1.56. The molecule has 10 atom stereocenters. The van der Waals surface area contributed by atoms with E-state index in [0.29, 0.717) is 18.9 Å². The molecule has 1 spiro atoms. The number of carbonyl (C=O) groups is 3. The van der Waals surface area contributed by atoms with Crippen LogP contribution in [0.3, 0.4) is 0 Å². The van der Waals surface area contributed by atoms with E-state index in [-0.39, 0.29) is 61.9 Å². The summed E-state index contributed by atoms with van der Waals surface area (Å²) in [6, 6.07) is 0. The molecule has 2 aromatic rings. The SMILES string of the molecule is CO[C@H]1/C=C/O[C@@]2(C)Oc3c(C)c(O)c4c(O)c(c5c(c4c3C2=O)=NC2(CCN(CC(C)C)C2)CN=5)NC(=O)/C(C)=C\C=C\[C@H](C)[C@H](O)[C@@H](C)[C@@H](O)[C@@H](C)[C@H](OC(C)=O)[C@@H]1C. The van der Waals surface area contributed by atoms with E-state index in [9.17, 15) is 34.8 Å². The van der Waals surface area contributed by atoms with E-state index in [4.69, 9.17) is 28.9 Å². The number of ether oxygens (including phenoxy) is 4. The number of hydrogen-bond donors (Lipinski definition) is 5. The first-order valence-corrected chi connectivity index (χ1v) is 21.2. The van der Waals surface area contributed by atoms with Gasteiger partial charge in [0.15, 0.2) is 5.75 Å². The molecule has 0 aromatic heterocycles. The summed E-state index contributed by atoms with van der Waals surface area (Å²) in [5.41, 5.74) is -0.296. The van der Waals surface area contributed by atoms with Crippen molar-refractivity contribution in [3.8, 4) is 17.2 Å². The molecule has 2 aromatic carbocycles. The number of anilines is 1. The fourth-order valence-electron chi connectivity index (χ4n) is 9.30. The number of phenolic OH excluding ortho intramolecular Hbond substituents is 2. The number of fused-ring (bicyclic) bond motifs is 1. The van der Waals surface area contributed by atoms with Gasteiger partial charge in [-0.3, -0.25) is 24.4 Å². The molecule has 0 aliphatic carbocycles. The van der Waals surface area contributed by atoms with E-state index in [1.54, 1.807) is 65.8 Å². The predicted molar refractivity (Wildman–Crippen MR) is 228 cm³/mol. The minimum Gasteiger partial charge on any atom is -0.507 e. The molecule has 332 valence electrons. The van der Waals surface area contributed by atoms with Gasteiger partial charge in [0.1, 0.15) is 28.6 Å². The number of benzene rings is 2. The number of aliphatic hydroxyl groups excluding tert-OH is 2. The first-order valence-electron chi connectivity index (χ1n) is 21.2. The minimum absolute atomic E-state index is 0.0363. The van der Waals surface area contributed by atoms with Crippen LogP contribution < -0.4 is 20.8 Å². The van der Waals surface area contributed by atoms with Crippen molar-refractivity contribution < 1.29 is 53.8 Å². The number of Topliss-reactive ketones (excluding diaryl/α,β-unsaturated/α-hetero) is 1. The Labute approximate surface area is 356 Å². The van der Waals surface area contributed by atoms with E-state index in [0.717, 1.165) is 13.1 Å². The zero-order chi connectivity index (χ0) is 44.9. The molecule has 5 N–H and O–H groups in total. The highest BCUT2D eigenvalue weighted by molar-refractivity contribution is 6.19. The van der Waals surface area contributed by atoms with E-state index in [1.165, 1.54) is 27.2 Å². The number of carbonyl (C=O) groups excluding carboxylic acids is 3. The lowest BCUT2D eigenvalue weighted by atomic mass is 9.78. The Morgan fingerprint density at radius 3 is 2.38 bits per heavy atom. The van der Waals surface area contributed by atoms with Crippen LogP contribution in [0.4, 0.5) is 5.69 Å². The number of methoxy groups -OCH3 is 1. The quantitative estimate of drug-likeness (QED) is 0.214. The second-order valence-electron chi connectivity index (χ2n) is 18.1. The Hall–Kier alpha value is -4.83. The van der Waals surface area contributed by atoms with Gasteiger partial charge in [-0.2, -0.15) is 0 Å². The molecule has 1 amide bonds. The standard InChI is InChI=1S/C46H62N4O11/c1-22(2)19-50-17-16-46(21-50)20-47-35-34(49-46)31-32-39(54)28(8)42-33(31)43(56)45(10,61-42)59-18-15-30(58-11)25(5)41(60-29(9)51)27(7)38(53)26(6)37(52)23(3)13-12-14-24(4)44(57)48-36(35)40(32)55/h12-15,18,22-23,25-27,30,37-38,41,52-55H,16-17,19-21H2,1-11H3,(H,48,57)/b13-12+,18-15+,24-14-/t23-,25+,26+,27+,30-,37-,38+,41+,45-,46?/m0/s1. The molecule has 0 saturated carbocycles. The topological polar surface area (TPSA) is 209 Å². The molecule has 1 fully saturated rings. The number of likely N-dealkylation sites (tertiary alicyclic amines) is 1. The lowest BCUT2D eigenvalue weighted by Gasteiger charge is -2.38. The number of nitrogens with zero attached hydrogens (tertiary/aromatic N) is 3. The monoisotopic (exact) mass is 846 g/mol. The average molecular weight is 847 g/mol. The Morgan fingerprint density at radius 1 is 1.02 bits per heavy atom. The molecular formula is C46H62N4O11. The Morgan fingerprint density at radius 2 is 1.72 bits per heavy atom. The number of ketones is 1. The van der Waals surface area contributed by atoms with Crippen LogP contribution in [0.5, 0.6) is 17.2 Å². The molecular weight excluding hydrogens is 785 g/mol. The van der Waals surface area contributed by atoms with Gasteiger partial charge in [0.2, 0.25) is 0 Å². The maximum atomic E-state index is 14.8. The van der Waals surface area contributed by atoms with Gasteiger partial charge in [-0.1, -0.05) is 59.8 Å². The van der Waals surface area contributed by atoms with Gasteiger partial charge in [0, 0.05) is 80.8 Å². The lowest BCUT2D eigenvalue weighted by Crippen LogP contribution is -2.46. The number of nitrogens with one attached hydrogen (secondary N) is 1. The third-order valence-electron chi connectivity index (χ3n) is 12.9. The number of esters is 1. The molecule has 4 bridgehead atoms. The number of amides is 1. The lowest BCUT2D eigenvalue weighted by molar-refractivity contribution is -0.160. The van der Waals surface area contributed by atoms with E-state index >= 15 is 0 Å². The van der Waals surface area contributed by atoms with Crippen LogP contribution in [0.2, 0.25) is 0 Å². The largest absolute Gasteiger partial charge is 0.507 e. The van der Waals surface area contributed by atoms with Crippen LogP contribution in [-0.4, -0.2) is 112 Å². The van der Waals surface area contributed by atoms with Crippen LogP contribution in [0.25, 0.3) is 10.8 Å². The fraction of sp³-hybridized carbons (Fsp3) is 0.587. The molecule has 4 aliphatic heterocycles. The average Bonchev–Trinajstić information content (AvgIpc) is 3.71. The van der Waals surface area contributed by atoms with Gasteiger partial charge < -0.3 is 49.6 Å². The van der Waals surface area contributed by atoms with E-state index in [1.807, 2.05) is 0 Å². The van der Waals surface area contributed by atoms with Crippen molar-refractivity contribution in [3.63, 3.8) is 0 Å². The molecule has 4 aliphatic rings. The number of aromatic hydroxyl groups is 2. The first-order chi connectivity index (χ1) is 28.6. The highest BCUT2D eigenvalue weighted by Gasteiger charge is 2.50. The smallest absolute Gasteiger partial charge is 0.312 e. The normalized spacial score (nSPS) is 34.2. The maximum Gasteiger partial charge on any atom is 0.312 e. The van der Waals surface area contributed by atoms with Gasteiger partial charge in [0.25, 0.3) is 11.7 Å². The number of rotatable bonds is 4. The van der Waals surface area contributed by atoms with Crippen molar-refractivity contribution in [2.75, 3.05) is 38.6 Å². The summed E-state index contributed by atoms with van der Waals surface area (Å²) in [7, 11) is 1.47. The summed E-state index contributed by atoms with van der Waals surface area (Å²) in [6.07, 6.45) is 4.63. The second-order valence-corrected chi connectivity index (χ2v) is 18.1. The highest BCUT2D eigenvalue weighted by Crippen LogP contribution is 2.49. The second kappa shape index (κ2) is 17.5. The van der Waals surface area contributed by atoms with Gasteiger partial charge in [-0.15, -0.1) is 0 Å². The third-order valence-corrected chi connectivity index (χ3v) is 12.9. The van der Waals surface area contributed by atoms with Gasteiger partial charge in [0.05, 0.1) is 53.0 Å². The fourth-order valence-corrected chi connectivity index (χ4v) is 9.30. The molecule has 61 heavy (non-hydrogen) atoms. The molecule has 1 unspecified atom stereocenters. The summed E-state index contributed by atoms with van der Waals surface area (Å²) in [5.74, 6) is -6.50. The summed E-state index contributed by atoms with van der Waals surface area (Å²) >= 11 is 0. The molecule has 15 heteroatoms. The van der Waals surface area contributed by atoms with Gasteiger partial charge in [-0.05, 0) is 32.3 Å². The summed E-state index contributed by atoms with van der Waals surface area (Å²) < 4.78 is 24.0. The molecule has 6 rings (SSSR count). The summed E-state index contributed by atoms with van der Waals surface area (Å²) in [4.78, 5) is 53.7. The Bertz CT molecular complexity index is 2310. The van der Waals surface area contributed by atoms with Crippen LogP contribution in [0.1, 0.15) is 84.7 Å². The summed E-state index contributed by atoms with van der Waals surface area (Å²) in [5, 5.41) is 50.1. The summed E-state index contributed by atoms with van der Waals surface area (Å²) in [6.45, 7) is 19.7. The van der Waals surface area contributed by atoms with Crippen molar-refractivity contribution in [3.05, 3.63) is 58.0 Å². The van der Waals surface area contributed by atoms with Gasteiger partial charge >= 0.3 is 11.8 Å². The number of aliphatic hydroxyl groups is 2. The van der Waals surface area contributed by atoms with Gasteiger partial charge in [-0.25, -0.2) is 0 Å². The van der Waals surface area contributed by atoms with Crippen LogP contribution >= 0.6 is 0 Å².